The van der Waals surface area contributed by atoms with Crippen molar-refractivity contribution < 1.29 is 4.52 Å². The Morgan fingerprint density at radius 1 is 1.00 bits per heavy atom. The molecule has 1 saturated carbocycles. The molecule has 1 aliphatic heterocycles. The van der Waals surface area contributed by atoms with E-state index in [4.69, 9.17) is 4.52 Å². The molecular formula is C22H24N4O. The fourth-order valence-corrected chi connectivity index (χ4v) is 4.27. The van der Waals surface area contributed by atoms with E-state index in [0.29, 0.717) is 12.1 Å². The molecule has 27 heavy (non-hydrogen) atoms. The molecule has 0 amide bonds. The minimum absolute atomic E-state index is 0.316. The molecule has 1 atom stereocenters. The number of benzene rings is 1. The third-order valence-corrected chi connectivity index (χ3v) is 5.78. The lowest BCUT2D eigenvalue weighted by Gasteiger charge is -2.16. The molecule has 2 aromatic heterocycles. The van der Waals surface area contributed by atoms with Crippen LogP contribution in [0.4, 0.5) is 11.4 Å². The molecule has 3 heterocycles. The summed E-state index contributed by atoms with van der Waals surface area (Å²) in [5.74, 6) is 1.56. The van der Waals surface area contributed by atoms with Crippen molar-refractivity contribution in [3.05, 3.63) is 47.1 Å². The third-order valence-electron chi connectivity index (χ3n) is 5.78. The Bertz CT molecular complexity index is 1010. The van der Waals surface area contributed by atoms with Crippen molar-refractivity contribution in [2.45, 2.75) is 46.7 Å². The quantitative estimate of drug-likeness (QED) is 0.671. The fraction of sp³-hybridized carbons (Fsp3) is 0.364. The van der Waals surface area contributed by atoms with Crippen molar-refractivity contribution in [2.75, 3.05) is 10.6 Å². The summed E-state index contributed by atoms with van der Waals surface area (Å²) in [6.45, 7) is 8.21. The molecule has 5 rings (SSSR count). The van der Waals surface area contributed by atoms with Crippen molar-refractivity contribution >= 4 is 11.4 Å². The van der Waals surface area contributed by atoms with E-state index in [9.17, 15) is 0 Å². The molecule has 1 fully saturated rings. The molecule has 0 saturated heterocycles. The highest BCUT2D eigenvalue weighted by Gasteiger charge is 2.36. The highest BCUT2D eigenvalue weighted by molar-refractivity contribution is 5.96. The van der Waals surface area contributed by atoms with Gasteiger partial charge in [-0.2, -0.15) is 0 Å². The van der Waals surface area contributed by atoms with Gasteiger partial charge in [-0.3, -0.25) is 4.98 Å². The predicted octanol–water partition coefficient (Wildman–Crippen LogP) is 5.21. The summed E-state index contributed by atoms with van der Waals surface area (Å²) in [5, 5.41) is 11.6. The second-order valence-corrected chi connectivity index (χ2v) is 7.84. The van der Waals surface area contributed by atoms with Gasteiger partial charge in [0, 0.05) is 28.6 Å². The summed E-state index contributed by atoms with van der Waals surface area (Å²) in [7, 11) is 0. The summed E-state index contributed by atoms with van der Waals surface area (Å²) < 4.78 is 5.43. The SMILES string of the molecule is Cc1ccnc(C)c1-c1cc(-c2c(C)noc2C)cc2c1NC(C1CC1)N2. The minimum atomic E-state index is 0.316. The van der Waals surface area contributed by atoms with Crippen LogP contribution in [0, 0.1) is 33.6 Å². The number of fused-ring (bicyclic) bond motifs is 1. The van der Waals surface area contributed by atoms with Gasteiger partial charge in [0.25, 0.3) is 0 Å². The van der Waals surface area contributed by atoms with Crippen molar-refractivity contribution in [2.24, 2.45) is 5.92 Å². The Morgan fingerprint density at radius 2 is 1.81 bits per heavy atom. The molecular weight excluding hydrogens is 336 g/mol. The Morgan fingerprint density at radius 3 is 2.48 bits per heavy atom. The average Bonchev–Trinajstić information content (AvgIpc) is 3.30. The molecule has 0 bridgehead atoms. The second kappa shape index (κ2) is 5.84. The third kappa shape index (κ3) is 2.60. The van der Waals surface area contributed by atoms with Crippen LogP contribution >= 0.6 is 0 Å². The Balaban J connectivity index is 1.74. The normalized spacial score (nSPS) is 18.1. The van der Waals surface area contributed by atoms with E-state index in [0.717, 1.165) is 34.0 Å². The van der Waals surface area contributed by atoms with Crippen molar-refractivity contribution in [1.29, 1.82) is 0 Å². The number of nitrogens with one attached hydrogen (secondary N) is 2. The standard InChI is InChI=1S/C22H24N4O/c1-11-7-8-23-12(2)19(11)17-9-16(20-13(3)26-27-14(20)4)10-18-21(17)25-22(24-18)15-5-6-15/h7-10,15,22,24-25H,5-6H2,1-4H3. The van der Waals surface area contributed by atoms with Crippen LogP contribution in [0.2, 0.25) is 0 Å². The zero-order valence-corrected chi connectivity index (χ0v) is 16.2. The van der Waals surface area contributed by atoms with E-state index < -0.39 is 0 Å². The van der Waals surface area contributed by atoms with Gasteiger partial charge < -0.3 is 15.2 Å². The molecule has 138 valence electrons. The molecule has 5 nitrogen and oxygen atoms in total. The highest BCUT2D eigenvalue weighted by Crippen LogP contribution is 2.48. The lowest BCUT2D eigenvalue weighted by atomic mass is 9.93. The zero-order chi connectivity index (χ0) is 18.7. The maximum Gasteiger partial charge on any atom is 0.141 e. The van der Waals surface area contributed by atoms with Crippen molar-refractivity contribution in [1.82, 2.24) is 10.1 Å². The minimum Gasteiger partial charge on any atom is -0.363 e. The van der Waals surface area contributed by atoms with Crippen LogP contribution < -0.4 is 10.6 Å². The first-order valence-corrected chi connectivity index (χ1v) is 9.60. The summed E-state index contributed by atoms with van der Waals surface area (Å²) in [6, 6.07) is 6.56. The number of nitrogens with zero attached hydrogens (tertiary/aromatic N) is 2. The van der Waals surface area contributed by atoms with Gasteiger partial charge in [-0.05, 0) is 75.8 Å². The van der Waals surface area contributed by atoms with E-state index >= 15 is 0 Å². The Hall–Kier alpha value is -2.82. The van der Waals surface area contributed by atoms with Gasteiger partial charge in [0.15, 0.2) is 0 Å². The van der Waals surface area contributed by atoms with Crippen molar-refractivity contribution in [3.8, 4) is 22.3 Å². The molecule has 0 spiro atoms. The molecule has 3 aromatic rings. The van der Waals surface area contributed by atoms with Crippen LogP contribution in [-0.2, 0) is 0 Å². The van der Waals surface area contributed by atoms with Crippen LogP contribution in [0.1, 0.15) is 35.6 Å². The lowest BCUT2D eigenvalue weighted by Crippen LogP contribution is -2.24. The zero-order valence-electron chi connectivity index (χ0n) is 16.2. The number of aryl methyl sites for hydroxylation is 4. The van der Waals surface area contributed by atoms with Crippen LogP contribution in [0.25, 0.3) is 22.3 Å². The van der Waals surface area contributed by atoms with E-state index in [1.165, 1.54) is 35.2 Å². The van der Waals surface area contributed by atoms with Gasteiger partial charge in [-0.25, -0.2) is 0 Å². The monoisotopic (exact) mass is 360 g/mol. The molecule has 5 heteroatoms. The van der Waals surface area contributed by atoms with Gasteiger partial charge in [-0.1, -0.05) is 5.16 Å². The molecule has 1 aromatic carbocycles. The van der Waals surface area contributed by atoms with E-state index in [1.807, 2.05) is 20.0 Å². The number of hydrogen-bond acceptors (Lipinski definition) is 5. The maximum absolute atomic E-state index is 5.43. The molecule has 2 N–H and O–H groups in total. The summed E-state index contributed by atoms with van der Waals surface area (Å²) >= 11 is 0. The van der Waals surface area contributed by atoms with Gasteiger partial charge in [0.05, 0.1) is 23.2 Å². The van der Waals surface area contributed by atoms with Crippen LogP contribution in [0.3, 0.4) is 0 Å². The summed E-state index contributed by atoms with van der Waals surface area (Å²) in [5.41, 5.74) is 10.1. The maximum atomic E-state index is 5.43. The highest BCUT2D eigenvalue weighted by atomic mass is 16.5. The van der Waals surface area contributed by atoms with Crippen LogP contribution in [0.5, 0.6) is 0 Å². The number of aromatic nitrogens is 2. The fourth-order valence-electron chi connectivity index (χ4n) is 4.27. The van der Waals surface area contributed by atoms with Crippen LogP contribution in [0.15, 0.2) is 28.9 Å². The first kappa shape index (κ1) is 16.4. The molecule has 1 unspecified atom stereocenters. The molecule has 0 radical (unpaired) electrons. The first-order valence-electron chi connectivity index (χ1n) is 9.60. The molecule has 1 aliphatic carbocycles. The van der Waals surface area contributed by atoms with E-state index in [-0.39, 0.29) is 0 Å². The van der Waals surface area contributed by atoms with Crippen LogP contribution in [-0.4, -0.2) is 16.3 Å². The lowest BCUT2D eigenvalue weighted by molar-refractivity contribution is 0.393. The Kier molecular flexibility index (Phi) is 3.54. The van der Waals surface area contributed by atoms with Gasteiger partial charge in [0.2, 0.25) is 0 Å². The van der Waals surface area contributed by atoms with Gasteiger partial charge in [-0.15, -0.1) is 0 Å². The smallest absolute Gasteiger partial charge is 0.141 e. The number of pyridine rings is 1. The molecule has 2 aliphatic rings. The number of rotatable bonds is 3. The average molecular weight is 360 g/mol. The van der Waals surface area contributed by atoms with E-state index in [2.05, 4.69) is 52.8 Å². The number of hydrogen-bond donors (Lipinski definition) is 2. The van der Waals surface area contributed by atoms with E-state index in [1.54, 1.807) is 0 Å². The summed E-state index contributed by atoms with van der Waals surface area (Å²) in [6.07, 6.45) is 4.77. The second-order valence-electron chi connectivity index (χ2n) is 7.84. The topological polar surface area (TPSA) is 63.0 Å². The summed E-state index contributed by atoms with van der Waals surface area (Å²) in [4.78, 5) is 4.56. The Labute approximate surface area is 159 Å². The predicted molar refractivity (Wildman–Crippen MR) is 108 cm³/mol. The first-order chi connectivity index (χ1) is 13.0. The van der Waals surface area contributed by atoms with Gasteiger partial charge in [0.1, 0.15) is 5.76 Å². The van der Waals surface area contributed by atoms with Crippen molar-refractivity contribution in [3.63, 3.8) is 0 Å². The number of anilines is 2. The van der Waals surface area contributed by atoms with Gasteiger partial charge >= 0.3 is 0 Å². The largest absolute Gasteiger partial charge is 0.363 e.